The molecule has 0 aliphatic carbocycles. The summed E-state index contributed by atoms with van der Waals surface area (Å²) in [6.45, 7) is 8.80. The van der Waals surface area contributed by atoms with Crippen molar-refractivity contribution >= 4 is 17.9 Å². The van der Waals surface area contributed by atoms with Gasteiger partial charge in [-0.15, -0.1) is 0 Å². The van der Waals surface area contributed by atoms with Crippen molar-refractivity contribution in [2.45, 2.75) is 45.0 Å². The minimum absolute atomic E-state index is 0.336. The number of aromatic nitrogens is 2. The summed E-state index contributed by atoms with van der Waals surface area (Å²) in [5, 5.41) is 25.5. The standard InChI is InChI=1S/C20H28N4O2.3C2HF3O2/c1-16-8-19(22-26-16)11-24-7-5-20(15-24)14-23(2)10-18(20)13-25-12-17-4-3-6-21-9-17;3*3-2(4,5)1(6)7/h3-4,6,8-9,18H,5,7,10-15H2,1-2H3;3*(H,6,7)/t18-,20-;;;/m1.../s1. The fourth-order valence-corrected chi connectivity index (χ4v) is 4.64. The number of carboxylic acid groups (broad SMARTS) is 3. The molecule has 0 unspecified atom stereocenters. The number of aliphatic carboxylic acids is 3. The summed E-state index contributed by atoms with van der Waals surface area (Å²) in [6, 6.07) is 6.07. The molecule has 0 radical (unpaired) electrons. The van der Waals surface area contributed by atoms with Crippen LogP contribution in [0.15, 0.2) is 35.1 Å². The number of hydrogen-bond acceptors (Lipinski definition) is 9. The number of hydrogen-bond donors (Lipinski definition) is 3. The molecule has 21 heteroatoms. The zero-order valence-corrected chi connectivity index (χ0v) is 24.7. The highest BCUT2D eigenvalue weighted by molar-refractivity contribution is 5.73. The lowest BCUT2D eigenvalue weighted by Crippen LogP contribution is -2.36. The first-order chi connectivity index (χ1) is 21.5. The third-order valence-electron chi connectivity index (χ3n) is 6.55. The predicted molar refractivity (Wildman–Crippen MR) is 140 cm³/mol. The molecule has 0 saturated carbocycles. The Hall–Kier alpha value is -3.98. The Morgan fingerprint density at radius 2 is 1.51 bits per heavy atom. The molecule has 3 N–H and O–H groups in total. The van der Waals surface area contributed by atoms with Crippen molar-refractivity contribution in [2.75, 3.05) is 39.8 Å². The smallest absolute Gasteiger partial charge is 0.475 e. The summed E-state index contributed by atoms with van der Waals surface area (Å²) in [4.78, 5) is 35.8. The molecule has 0 amide bonds. The molecule has 2 fully saturated rings. The maximum absolute atomic E-state index is 10.6. The van der Waals surface area contributed by atoms with E-state index < -0.39 is 36.4 Å². The van der Waals surface area contributed by atoms with E-state index in [0.29, 0.717) is 17.9 Å². The number of nitrogens with zero attached hydrogens (tertiary/aromatic N) is 4. The Morgan fingerprint density at radius 1 is 0.979 bits per heavy atom. The summed E-state index contributed by atoms with van der Waals surface area (Å²) in [5.41, 5.74) is 2.51. The number of alkyl halides is 9. The van der Waals surface area contributed by atoms with E-state index in [1.807, 2.05) is 25.3 Å². The summed E-state index contributed by atoms with van der Waals surface area (Å²) in [6.07, 6.45) is -10.3. The average Bonchev–Trinajstić information content (AvgIpc) is 3.62. The lowest BCUT2D eigenvalue weighted by atomic mass is 9.77. The lowest BCUT2D eigenvalue weighted by Gasteiger charge is -2.30. The summed E-state index contributed by atoms with van der Waals surface area (Å²) < 4.78 is 107. The summed E-state index contributed by atoms with van der Waals surface area (Å²) in [5.74, 6) is -6.81. The SMILES string of the molecule is Cc1cc(CN2CC[C@@]3(CN(C)C[C@@H]3COCc3cccnc3)C2)no1.O=C(O)C(F)(F)F.O=C(O)C(F)(F)F.O=C(O)C(F)(F)F. The molecule has 2 atom stereocenters. The van der Waals surface area contributed by atoms with Gasteiger partial charge >= 0.3 is 36.4 Å². The van der Waals surface area contributed by atoms with Crippen LogP contribution in [0.3, 0.4) is 0 Å². The average molecular weight is 699 g/mol. The summed E-state index contributed by atoms with van der Waals surface area (Å²) >= 11 is 0. The highest BCUT2D eigenvalue weighted by Gasteiger charge is 2.49. The third-order valence-corrected chi connectivity index (χ3v) is 6.55. The maximum atomic E-state index is 10.6. The van der Waals surface area contributed by atoms with Crippen LogP contribution in [0.25, 0.3) is 0 Å². The van der Waals surface area contributed by atoms with Crippen molar-refractivity contribution in [3.05, 3.63) is 47.6 Å². The molecule has 4 heterocycles. The molecular weight excluding hydrogens is 667 g/mol. The molecule has 2 aromatic heterocycles. The highest BCUT2D eigenvalue weighted by Crippen LogP contribution is 2.44. The number of pyridine rings is 1. The monoisotopic (exact) mass is 698 g/mol. The van der Waals surface area contributed by atoms with Crippen LogP contribution in [0, 0.1) is 18.3 Å². The molecule has 2 saturated heterocycles. The molecule has 2 aliphatic rings. The fraction of sp³-hybridized carbons (Fsp3) is 0.577. The molecule has 266 valence electrons. The van der Waals surface area contributed by atoms with Crippen molar-refractivity contribution in [3.63, 3.8) is 0 Å². The first-order valence-electron chi connectivity index (χ1n) is 13.2. The molecular formula is C26H31F9N4O8. The normalized spacial score (nSPS) is 19.9. The Labute approximate surface area is 260 Å². The zero-order chi connectivity index (χ0) is 36.2. The number of halogens is 9. The Kier molecular flexibility index (Phi) is 15.1. The maximum Gasteiger partial charge on any atom is 0.490 e. The zero-order valence-electron chi connectivity index (χ0n) is 24.7. The molecule has 1 spiro atoms. The lowest BCUT2D eigenvalue weighted by molar-refractivity contribution is -0.193. The quantitative estimate of drug-likeness (QED) is 0.368. The second kappa shape index (κ2) is 17.3. The van der Waals surface area contributed by atoms with E-state index >= 15 is 0 Å². The number of carboxylic acids is 3. The van der Waals surface area contributed by atoms with Crippen LogP contribution < -0.4 is 0 Å². The van der Waals surface area contributed by atoms with Gasteiger partial charge in [-0.2, -0.15) is 39.5 Å². The first kappa shape index (κ1) is 41.0. The van der Waals surface area contributed by atoms with E-state index in [1.165, 1.54) is 6.42 Å². The van der Waals surface area contributed by atoms with E-state index in [-0.39, 0.29) is 0 Å². The number of rotatable bonds is 6. The van der Waals surface area contributed by atoms with Crippen molar-refractivity contribution in [1.82, 2.24) is 19.9 Å². The van der Waals surface area contributed by atoms with E-state index in [4.69, 9.17) is 39.0 Å². The number of aryl methyl sites for hydroxylation is 1. The van der Waals surface area contributed by atoms with Crippen molar-refractivity contribution in [3.8, 4) is 0 Å². The van der Waals surface area contributed by atoms with Crippen LogP contribution in [0.5, 0.6) is 0 Å². The van der Waals surface area contributed by atoms with Gasteiger partial charge in [0.25, 0.3) is 0 Å². The minimum atomic E-state index is -5.08. The van der Waals surface area contributed by atoms with Gasteiger partial charge in [-0.05, 0) is 38.6 Å². The number of likely N-dealkylation sites (tertiary alicyclic amines) is 2. The van der Waals surface area contributed by atoms with Crippen LogP contribution in [0.1, 0.15) is 23.4 Å². The molecule has 47 heavy (non-hydrogen) atoms. The molecule has 4 rings (SSSR count). The molecule has 0 bridgehead atoms. The highest BCUT2D eigenvalue weighted by atomic mass is 19.4. The van der Waals surface area contributed by atoms with Crippen LogP contribution in [-0.2, 0) is 32.3 Å². The second-order valence-corrected chi connectivity index (χ2v) is 10.4. The molecule has 2 aliphatic heterocycles. The molecule has 12 nitrogen and oxygen atoms in total. The van der Waals surface area contributed by atoms with Crippen molar-refractivity contribution < 1.29 is 78.5 Å². The molecule has 0 aromatic carbocycles. The Bertz CT molecular complexity index is 1230. The summed E-state index contributed by atoms with van der Waals surface area (Å²) in [7, 11) is 2.23. The van der Waals surface area contributed by atoms with E-state index in [0.717, 1.165) is 56.3 Å². The van der Waals surface area contributed by atoms with Crippen LogP contribution in [0.2, 0.25) is 0 Å². The number of carbonyl (C=O) groups is 3. The minimum Gasteiger partial charge on any atom is -0.475 e. The van der Waals surface area contributed by atoms with Crippen molar-refractivity contribution in [2.24, 2.45) is 11.3 Å². The van der Waals surface area contributed by atoms with Gasteiger partial charge in [-0.3, -0.25) is 9.88 Å². The van der Waals surface area contributed by atoms with Gasteiger partial charge in [0.05, 0.1) is 18.9 Å². The first-order valence-corrected chi connectivity index (χ1v) is 13.2. The van der Waals surface area contributed by atoms with E-state index in [1.54, 1.807) is 6.20 Å². The Balaban J connectivity index is 0.000000430. The van der Waals surface area contributed by atoms with Gasteiger partial charge < -0.3 is 29.5 Å². The number of ether oxygens (including phenoxy) is 1. The Morgan fingerprint density at radius 3 is 1.94 bits per heavy atom. The fourth-order valence-electron chi connectivity index (χ4n) is 4.64. The topological polar surface area (TPSA) is 167 Å². The van der Waals surface area contributed by atoms with Crippen LogP contribution in [-0.4, -0.2) is 112 Å². The third kappa shape index (κ3) is 15.0. The molecule has 2 aromatic rings. The van der Waals surface area contributed by atoms with E-state index in [9.17, 15) is 39.5 Å². The van der Waals surface area contributed by atoms with E-state index in [2.05, 4.69) is 33.1 Å². The van der Waals surface area contributed by atoms with Gasteiger partial charge in [0.2, 0.25) is 0 Å². The van der Waals surface area contributed by atoms with Crippen LogP contribution in [0.4, 0.5) is 39.5 Å². The van der Waals surface area contributed by atoms with Gasteiger partial charge in [-0.1, -0.05) is 11.2 Å². The van der Waals surface area contributed by atoms with Gasteiger partial charge in [0.15, 0.2) is 0 Å². The second-order valence-electron chi connectivity index (χ2n) is 10.4. The van der Waals surface area contributed by atoms with Gasteiger partial charge in [-0.25, -0.2) is 14.4 Å². The van der Waals surface area contributed by atoms with Gasteiger partial charge in [0.1, 0.15) is 5.76 Å². The van der Waals surface area contributed by atoms with Gasteiger partial charge in [0, 0.05) is 56.0 Å². The van der Waals surface area contributed by atoms with Crippen LogP contribution >= 0.6 is 0 Å². The van der Waals surface area contributed by atoms with Crippen molar-refractivity contribution in [1.29, 1.82) is 0 Å². The largest absolute Gasteiger partial charge is 0.490 e. The predicted octanol–water partition coefficient (Wildman–Crippen LogP) is 4.25.